The zero-order chi connectivity index (χ0) is 13.7. The van der Waals surface area contributed by atoms with Crippen LogP contribution in [0, 0.1) is 5.82 Å². The van der Waals surface area contributed by atoms with Gasteiger partial charge in [0.05, 0.1) is 5.70 Å². The molecule has 1 atom stereocenters. The third-order valence-corrected chi connectivity index (χ3v) is 2.36. The highest BCUT2D eigenvalue weighted by atomic mass is 19.1. The summed E-state index contributed by atoms with van der Waals surface area (Å²) in [5, 5.41) is 11.7. The van der Waals surface area contributed by atoms with E-state index in [-0.39, 0.29) is 17.8 Å². The van der Waals surface area contributed by atoms with Crippen LogP contribution in [0.1, 0.15) is 5.56 Å². The molecule has 0 radical (unpaired) electrons. The second kappa shape index (κ2) is 5.86. The molecule has 1 rings (SSSR count). The van der Waals surface area contributed by atoms with E-state index in [2.05, 4.69) is 18.5 Å². The minimum atomic E-state index is -1.07. The Kier molecular flexibility index (Phi) is 4.48. The molecule has 0 heterocycles. The van der Waals surface area contributed by atoms with E-state index in [4.69, 9.17) is 10.8 Å². The first-order valence-corrected chi connectivity index (χ1v) is 5.27. The number of carbonyl (C=O) groups is 1. The molecule has 0 saturated carbocycles. The van der Waals surface area contributed by atoms with E-state index in [1.807, 2.05) is 0 Å². The van der Waals surface area contributed by atoms with Gasteiger partial charge in [0.2, 0.25) is 0 Å². The van der Waals surface area contributed by atoms with Gasteiger partial charge in [-0.2, -0.15) is 0 Å². The highest BCUT2D eigenvalue weighted by Crippen LogP contribution is 2.08. The lowest BCUT2D eigenvalue weighted by molar-refractivity contribution is -0.139. The highest BCUT2D eigenvalue weighted by Gasteiger charge is 2.18. The van der Waals surface area contributed by atoms with Crippen LogP contribution in [0.3, 0.4) is 0 Å². The van der Waals surface area contributed by atoms with Crippen LogP contribution in [0.2, 0.25) is 0 Å². The Balaban J connectivity index is 2.78. The molecule has 0 aliphatic rings. The van der Waals surface area contributed by atoms with Crippen molar-refractivity contribution in [3.63, 3.8) is 0 Å². The maximum Gasteiger partial charge on any atom is 0.326 e. The summed E-state index contributed by atoms with van der Waals surface area (Å²) in [5.74, 6) is -1.47. The summed E-state index contributed by atoms with van der Waals surface area (Å²) in [6, 6.07) is 4.84. The third kappa shape index (κ3) is 3.93. The Morgan fingerprint density at radius 3 is 2.67 bits per heavy atom. The molecule has 0 bridgehead atoms. The summed E-state index contributed by atoms with van der Waals surface area (Å²) in [6.45, 7) is 7.01. The van der Waals surface area contributed by atoms with E-state index in [1.54, 1.807) is 6.07 Å². The molecule has 0 spiro atoms. The number of hydrogen-bond donors (Lipinski definition) is 3. The molecular weight excluding hydrogens is 235 g/mol. The van der Waals surface area contributed by atoms with Crippen molar-refractivity contribution in [3.8, 4) is 0 Å². The van der Waals surface area contributed by atoms with E-state index >= 15 is 0 Å². The van der Waals surface area contributed by atoms with Crippen LogP contribution >= 0.6 is 0 Å². The van der Waals surface area contributed by atoms with Crippen molar-refractivity contribution in [2.24, 2.45) is 5.73 Å². The molecule has 1 aromatic carbocycles. The van der Waals surface area contributed by atoms with Gasteiger partial charge < -0.3 is 16.2 Å². The SMILES string of the molecule is C=C(N)C(=C)N[C@@H](Cc1cccc(F)c1)C(=O)O. The average Bonchev–Trinajstić information content (AvgIpc) is 2.27. The van der Waals surface area contributed by atoms with Crippen LogP contribution in [0.25, 0.3) is 0 Å². The van der Waals surface area contributed by atoms with Gasteiger partial charge in [-0.15, -0.1) is 0 Å². The standard InChI is InChI=1S/C13H15FN2O2/c1-8(15)9(2)16-12(13(17)18)7-10-4-3-5-11(14)6-10/h3-6,12,16H,1-2,7,15H2,(H,17,18)/t12-/m0/s1. The Morgan fingerprint density at radius 2 is 2.17 bits per heavy atom. The van der Waals surface area contributed by atoms with E-state index in [1.165, 1.54) is 18.2 Å². The van der Waals surface area contributed by atoms with Crippen molar-refractivity contribution < 1.29 is 14.3 Å². The minimum absolute atomic E-state index is 0.124. The molecule has 4 nitrogen and oxygen atoms in total. The predicted octanol–water partition coefficient (Wildman–Crippen LogP) is 1.40. The molecule has 0 unspecified atom stereocenters. The average molecular weight is 250 g/mol. The summed E-state index contributed by atoms with van der Waals surface area (Å²) >= 11 is 0. The van der Waals surface area contributed by atoms with Crippen LogP contribution in [0.15, 0.2) is 48.8 Å². The monoisotopic (exact) mass is 250 g/mol. The van der Waals surface area contributed by atoms with Crippen LogP contribution in [0.4, 0.5) is 4.39 Å². The third-order valence-electron chi connectivity index (χ3n) is 2.36. The Morgan fingerprint density at radius 1 is 1.50 bits per heavy atom. The number of hydrogen-bond acceptors (Lipinski definition) is 3. The van der Waals surface area contributed by atoms with Gasteiger partial charge in [-0.1, -0.05) is 25.3 Å². The number of aliphatic carboxylic acids is 1. The largest absolute Gasteiger partial charge is 0.480 e. The van der Waals surface area contributed by atoms with Crippen molar-refractivity contribution in [2.45, 2.75) is 12.5 Å². The first-order valence-electron chi connectivity index (χ1n) is 5.27. The first kappa shape index (κ1) is 13.8. The van der Waals surface area contributed by atoms with E-state index < -0.39 is 17.8 Å². The number of benzene rings is 1. The van der Waals surface area contributed by atoms with E-state index in [9.17, 15) is 9.18 Å². The zero-order valence-electron chi connectivity index (χ0n) is 9.82. The molecular formula is C13H15FN2O2. The lowest BCUT2D eigenvalue weighted by atomic mass is 10.1. The van der Waals surface area contributed by atoms with Crippen molar-refractivity contribution >= 4 is 5.97 Å². The Hall–Kier alpha value is -2.30. The predicted molar refractivity (Wildman–Crippen MR) is 67.1 cm³/mol. The van der Waals surface area contributed by atoms with Gasteiger partial charge in [0, 0.05) is 12.1 Å². The zero-order valence-corrected chi connectivity index (χ0v) is 9.82. The number of nitrogens with one attached hydrogen (secondary N) is 1. The van der Waals surface area contributed by atoms with Gasteiger partial charge in [-0.3, -0.25) is 0 Å². The van der Waals surface area contributed by atoms with Gasteiger partial charge in [-0.05, 0) is 17.7 Å². The molecule has 1 aromatic rings. The summed E-state index contributed by atoms with van der Waals surface area (Å²) in [4.78, 5) is 11.1. The van der Waals surface area contributed by atoms with Gasteiger partial charge in [0.25, 0.3) is 0 Å². The second-order valence-electron chi connectivity index (χ2n) is 3.87. The van der Waals surface area contributed by atoms with Crippen LogP contribution in [-0.4, -0.2) is 17.1 Å². The fourth-order valence-electron chi connectivity index (χ4n) is 1.40. The van der Waals surface area contributed by atoms with Gasteiger partial charge in [0.15, 0.2) is 0 Å². The van der Waals surface area contributed by atoms with Gasteiger partial charge >= 0.3 is 5.97 Å². The normalized spacial score (nSPS) is 11.6. The molecule has 0 aliphatic carbocycles. The molecule has 0 aromatic heterocycles. The minimum Gasteiger partial charge on any atom is -0.480 e. The van der Waals surface area contributed by atoms with Crippen molar-refractivity contribution in [1.29, 1.82) is 0 Å². The number of carboxylic acids is 1. The van der Waals surface area contributed by atoms with Gasteiger partial charge in [0.1, 0.15) is 11.9 Å². The number of halogens is 1. The molecule has 0 aliphatic heterocycles. The second-order valence-corrected chi connectivity index (χ2v) is 3.87. The number of rotatable bonds is 6. The summed E-state index contributed by atoms with van der Waals surface area (Å²) in [6.07, 6.45) is 0.124. The van der Waals surface area contributed by atoms with Crippen LogP contribution < -0.4 is 11.1 Å². The molecule has 0 fully saturated rings. The molecule has 96 valence electrons. The molecule has 4 N–H and O–H groups in total. The quantitative estimate of drug-likeness (QED) is 0.667. The van der Waals surface area contributed by atoms with Crippen LogP contribution in [-0.2, 0) is 11.2 Å². The van der Waals surface area contributed by atoms with Crippen molar-refractivity contribution in [2.75, 3.05) is 0 Å². The van der Waals surface area contributed by atoms with E-state index in [0.29, 0.717) is 5.56 Å². The maximum atomic E-state index is 13.0. The first-order chi connectivity index (χ1) is 8.40. The van der Waals surface area contributed by atoms with Crippen molar-refractivity contribution in [1.82, 2.24) is 5.32 Å². The Labute approximate surface area is 105 Å². The summed E-state index contributed by atoms with van der Waals surface area (Å²) < 4.78 is 13.0. The molecule has 0 amide bonds. The number of nitrogens with two attached hydrogens (primary N) is 1. The van der Waals surface area contributed by atoms with Crippen molar-refractivity contribution in [3.05, 3.63) is 60.2 Å². The molecule has 0 saturated heterocycles. The fraction of sp³-hybridized carbons (Fsp3) is 0.154. The molecule has 18 heavy (non-hydrogen) atoms. The lowest BCUT2D eigenvalue weighted by Crippen LogP contribution is -2.38. The summed E-state index contributed by atoms with van der Waals surface area (Å²) in [5.41, 5.74) is 6.38. The summed E-state index contributed by atoms with van der Waals surface area (Å²) in [7, 11) is 0. The van der Waals surface area contributed by atoms with Crippen LogP contribution in [0.5, 0.6) is 0 Å². The van der Waals surface area contributed by atoms with E-state index in [0.717, 1.165) is 0 Å². The Bertz CT molecular complexity index is 486. The highest BCUT2D eigenvalue weighted by molar-refractivity contribution is 5.74. The fourth-order valence-corrected chi connectivity index (χ4v) is 1.40. The number of carboxylic acid groups (broad SMARTS) is 1. The van der Waals surface area contributed by atoms with Gasteiger partial charge in [-0.25, -0.2) is 9.18 Å². The topological polar surface area (TPSA) is 75.3 Å². The lowest BCUT2D eigenvalue weighted by Gasteiger charge is -2.17. The maximum absolute atomic E-state index is 13.0. The smallest absolute Gasteiger partial charge is 0.326 e. The molecule has 5 heteroatoms.